The highest BCUT2D eigenvalue weighted by Gasteiger charge is 2.21. The van der Waals surface area contributed by atoms with Crippen LogP contribution in [0.3, 0.4) is 0 Å². The number of carbonyl (C=O) groups is 1. The van der Waals surface area contributed by atoms with Gasteiger partial charge in [0, 0.05) is 46.2 Å². The van der Waals surface area contributed by atoms with Gasteiger partial charge >= 0.3 is 0 Å². The smallest absolute Gasteiger partial charge is 0.234 e. The number of nitrogens with zero attached hydrogens (tertiary/aromatic N) is 4. The van der Waals surface area contributed by atoms with E-state index in [0.29, 0.717) is 6.54 Å². The average Bonchev–Trinajstić information content (AvgIpc) is 2.88. The molecule has 0 saturated carbocycles. The second kappa shape index (κ2) is 7.45. The summed E-state index contributed by atoms with van der Waals surface area (Å²) in [6.45, 7) is 8.62. The maximum Gasteiger partial charge on any atom is 0.234 e. The molecule has 3 heterocycles. The first-order valence-electron chi connectivity index (χ1n) is 8.82. The fourth-order valence-electron chi connectivity index (χ4n) is 3.71. The summed E-state index contributed by atoms with van der Waals surface area (Å²) in [6.07, 6.45) is 5.44. The van der Waals surface area contributed by atoms with E-state index in [0.717, 1.165) is 38.5 Å². The summed E-state index contributed by atoms with van der Waals surface area (Å²) in [4.78, 5) is 21.2. The number of amides is 1. The summed E-state index contributed by atoms with van der Waals surface area (Å²) in [5, 5.41) is 3.08. The molecule has 1 aromatic heterocycles. The zero-order valence-corrected chi connectivity index (χ0v) is 14.4. The Morgan fingerprint density at radius 1 is 1.39 bits per heavy atom. The van der Waals surface area contributed by atoms with Crippen molar-refractivity contribution in [3.63, 3.8) is 0 Å². The lowest BCUT2D eigenvalue weighted by atomic mass is 10.0. The number of hydrogen-bond donors (Lipinski definition) is 1. The van der Waals surface area contributed by atoms with Gasteiger partial charge in [0.25, 0.3) is 0 Å². The number of fused-ring (bicyclic) bond motifs is 1. The van der Waals surface area contributed by atoms with Crippen molar-refractivity contribution in [2.45, 2.75) is 32.7 Å². The van der Waals surface area contributed by atoms with Crippen LogP contribution in [0, 0.1) is 5.92 Å². The zero-order valence-electron chi connectivity index (χ0n) is 14.4. The fraction of sp³-hybridized carbons (Fsp3) is 0.765. The van der Waals surface area contributed by atoms with E-state index in [-0.39, 0.29) is 5.91 Å². The van der Waals surface area contributed by atoms with Crippen LogP contribution >= 0.6 is 0 Å². The number of nitrogens with one attached hydrogen (secondary N) is 1. The van der Waals surface area contributed by atoms with Crippen molar-refractivity contribution in [3.8, 4) is 0 Å². The van der Waals surface area contributed by atoms with Crippen molar-refractivity contribution in [2.75, 3.05) is 39.3 Å². The van der Waals surface area contributed by atoms with Crippen molar-refractivity contribution >= 4 is 5.91 Å². The lowest BCUT2D eigenvalue weighted by Crippen LogP contribution is -2.44. The van der Waals surface area contributed by atoms with E-state index in [4.69, 9.17) is 0 Å². The molecule has 1 amide bonds. The zero-order chi connectivity index (χ0) is 16.2. The Hall–Kier alpha value is -1.40. The highest BCUT2D eigenvalue weighted by Crippen LogP contribution is 2.16. The van der Waals surface area contributed by atoms with E-state index < -0.39 is 0 Å². The van der Waals surface area contributed by atoms with Gasteiger partial charge in [-0.1, -0.05) is 6.92 Å². The summed E-state index contributed by atoms with van der Waals surface area (Å²) < 4.78 is 2.07. The normalized spacial score (nSPS) is 22.8. The Bertz CT molecular complexity index is 541. The lowest BCUT2D eigenvalue weighted by Gasteiger charge is -2.31. The number of aryl methyl sites for hydroxylation is 1. The molecule has 2 aliphatic heterocycles. The van der Waals surface area contributed by atoms with Gasteiger partial charge in [-0.2, -0.15) is 0 Å². The van der Waals surface area contributed by atoms with Gasteiger partial charge in [-0.25, -0.2) is 4.98 Å². The van der Waals surface area contributed by atoms with Gasteiger partial charge in [-0.05, 0) is 25.3 Å². The molecule has 0 bridgehead atoms. The molecule has 1 unspecified atom stereocenters. The van der Waals surface area contributed by atoms with Gasteiger partial charge in [0.15, 0.2) is 0 Å². The molecule has 6 nitrogen and oxygen atoms in total. The SMILES string of the molecule is CC1CCCN(CCNC(=O)CN2CCc3ncn(C)c3C2)C1. The van der Waals surface area contributed by atoms with E-state index in [1.807, 2.05) is 13.4 Å². The molecule has 1 aromatic rings. The van der Waals surface area contributed by atoms with E-state index in [1.54, 1.807) is 0 Å². The molecule has 23 heavy (non-hydrogen) atoms. The summed E-state index contributed by atoms with van der Waals surface area (Å²) >= 11 is 0. The minimum Gasteiger partial charge on any atom is -0.354 e. The van der Waals surface area contributed by atoms with Crippen LogP contribution in [-0.4, -0.2) is 64.5 Å². The number of aromatic nitrogens is 2. The number of piperidine rings is 1. The maximum atomic E-state index is 12.2. The minimum absolute atomic E-state index is 0.140. The second-order valence-electron chi connectivity index (χ2n) is 7.11. The average molecular weight is 319 g/mol. The molecule has 0 aliphatic carbocycles. The van der Waals surface area contributed by atoms with Gasteiger partial charge in [0.1, 0.15) is 0 Å². The number of rotatable bonds is 5. The van der Waals surface area contributed by atoms with Crippen molar-refractivity contribution in [2.24, 2.45) is 13.0 Å². The van der Waals surface area contributed by atoms with Crippen LogP contribution in [0.2, 0.25) is 0 Å². The predicted octanol–water partition coefficient (Wildman–Crippen LogP) is 0.626. The third kappa shape index (κ3) is 4.32. The Morgan fingerprint density at radius 2 is 2.26 bits per heavy atom. The van der Waals surface area contributed by atoms with Crippen LogP contribution in [0.25, 0.3) is 0 Å². The van der Waals surface area contributed by atoms with Crippen LogP contribution in [0.4, 0.5) is 0 Å². The van der Waals surface area contributed by atoms with Crippen LogP contribution in [0.15, 0.2) is 6.33 Å². The Balaban J connectivity index is 1.37. The molecule has 1 saturated heterocycles. The van der Waals surface area contributed by atoms with E-state index >= 15 is 0 Å². The standard InChI is InChI=1S/C17H29N5O/c1-14-4-3-7-21(10-14)9-6-18-17(23)12-22-8-5-15-16(11-22)20(2)13-19-15/h13-14H,3-12H2,1-2H3,(H,18,23). The molecule has 1 atom stereocenters. The third-order valence-corrected chi connectivity index (χ3v) is 5.04. The number of carbonyl (C=O) groups excluding carboxylic acids is 1. The number of imidazole rings is 1. The Morgan fingerprint density at radius 3 is 3.09 bits per heavy atom. The van der Waals surface area contributed by atoms with Gasteiger partial charge in [0.2, 0.25) is 5.91 Å². The van der Waals surface area contributed by atoms with Crippen molar-refractivity contribution in [1.82, 2.24) is 24.7 Å². The molecule has 0 aromatic carbocycles. The number of hydrogen-bond acceptors (Lipinski definition) is 4. The molecule has 128 valence electrons. The van der Waals surface area contributed by atoms with Gasteiger partial charge < -0.3 is 14.8 Å². The highest BCUT2D eigenvalue weighted by atomic mass is 16.2. The second-order valence-corrected chi connectivity index (χ2v) is 7.11. The topological polar surface area (TPSA) is 53.4 Å². The first-order valence-corrected chi connectivity index (χ1v) is 8.82. The Kier molecular flexibility index (Phi) is 5.33. The summed E-state index contributed by atoms with van der Waals surface area (Å²) in [5.74, 6) is 0.932. The summed E-state index contributed by atoms with van der Waals surface area (Å²) in [7, 11) is 2.02. The number of likely N-dealkylation sites (tertiary alicyclic amines) is 1. The molecule has 3 rings (SSSR count). The molecule has 1 fully saturated rings. The van der Waals surface area contributed by atoms with Crippen LogP contribution < -0.4 is 5.32 Å². The molecule has 0 spiro atoms. The largest absolute Gasteiger partial charge is 0.354 e. The first kappa shape index (κ1) is 16.5. The minimum atomic E-state index is 0.140. The Labute approximate surface area is 138 Å². The summed E-state index contributed by atoms with van der Waals surface area (Å²) in [5.41, 5.74) is 2.43. The third-order valence-electron chi connectivity index (χ3n) is 5.04. The van der Waals surface area contributed by atoms with Gasteiger partial charge in [-0.3, -0.25) is 9.69 Å². The van der Waals surface area contributed by atoms with Crippen molar-refractivity contribution in [3.05, 3.63) is 17.7 Å². The highest BCUT2D eigenvalue weighted by molar-refractivity contribution is 5.78. The van der Waals surface area contributed by atoms with E-state index in [2.05, 4.69) is 31.6 Å². The quantitative estimate of drug-likeness (QED) is 0.865. The molecular formula is C17H29N5O. The van der Waals surface area contributed by atoms with E-state index in [1.165, 1.54) is 37.3 Å². The first-order chi connectivity index (χ1) is 11.1. The van der Waals surface area contributed by atoms with Crippen LogP contribution in [0.1, 0.15) is 31.2 Å². The molecule has 1 N–H and O–H groups in total. The van der Waals surface area contributed by atoms with Gasteiger partial charge in [-0.15, -0.1) is 0 Å². The van der Waals surface area contributed by atoms with Crippen LogP contribution in [0.5, 0.6) is 0 Å². The molecule has 6 heteroatoms. The van der Waals surface area contributed by atoms with Gasteiger partial charge in [0.05, 0.1) is 24.3 Å². The molecule has 0 radical (unpaired) electrons. The maximum absolute atomic E-state index is 12.2. The lowest BCUT2D eigenvalue weighted by molar-refractivity contribution is -0.122. The molecule has 2 aliphatic rings. The predicted molar refractivity (Wildman–Crippen MR) is 90.0 cm³/mol. The fourth-order valence-corrected chi connectivity index (χ4v) is 3.71. The molecular weight excluding hydrogens is 290 g/mol. The van der Waals surface area contributed by atoms with Crippen molar-refractivity contribution < 1.29 is 4.79 Å². The van der Waals surface area contributed by atoms with Crippen LogP contribution in [-0.2, 0) is 24.8 Å². The van der Waals surface area contributed by atoms with Crippen molar-refractivity contribution in [1.29, 1.82) is 0 Å². The summed E-state index contributed by atoms with van der Waals surface area (Å²) in [6, 6.07) is 0. The van der Waals surface area contributed by atoms with E-state index in [9.17, 15) is 4.79 Å². The monoisotopic (exact) mass is 319 g/mol.